The van der Waals surface area contributed by atoms with E-state index in [1.807, 2.05) is 6.92 Å². The van der Waals surface area contributed by atoms with E-state index in [0.29, 0.717) is 13.2 Å². The van der Waals surface area contributed by atoms with Crippen LogP contribution in [0.3, 0.4) is 0 Å². The molecule has 1 atom stereocenters. The second-order valence-corrected chi connectivity index (χ2v) is 2.97. The van der Waals surface area contributed by atoms with Crippen LogP contribution in [0, 0.1) is 5.92 Å². The van der Waals surface area contributed by atoms with E-state index >= 15 is 0 Å². The molecule has 0 saturated carbocycles. The number of rotatable bonds is 0. The SMILES string of the molecule is CC1CCOC(=O)CC(=O)OC1. The maximum Gasteiger partial charge on any atom is 0.317 e. The molecule has 0 bridgehead atoms. The van der Waals surface area contributed by atoms with Gasteiger partial charge in [0.2, 0.25) is 0 Å². The van der Waals surface area contributed by atoms with E-state index in [2.05, 4.69) is 0 Å². The van der Waals surface area contributed by atoms with Gasteiger partial charge in [-0.15, -0.1) is 0 Å². The molecule has 0 spiro atoms. The van der Waals surface area contributed by atoms with Crippen molar-refractivity contribution in [1.29, 1.82) is 0 Å². The van der Waals surface area contributed by atoms with Gasteiger partial charge in [-0.1, -0.05) is 6.92 Å². The summed E-state index contributed by atoms with van der Waals surface area (Å²) >= 11 is 0. The van der Waals surface area contributed by atoms with E-state index in [4.69, 9.17) is 9.47 Å². The van der Waals surface area contributed by atoms with E-state index < -0.39 is 11.9 Å². The summed E-state index contributed by atoms with van der Waals surface area (Å²) in [5.74, 6) is -0.720. The first-order valence-electron chi connectivity index (χ1n) is 3.99. The van der Waals surface area contributed by atoms with Crippen LogP contribution in [-0.2, 0) is 19.1 Å². The molecule has 0 amide bonds. The molecule has 0 aromatic heterocycles. The Bertz CT molecular complexity index is 187. The number of cyclic esters (lactones) is 2. The van der Waals surface area contributed by atoms with Crippen molar-refractivity contribution in [2.24, 2.45) is 5.92 Å². The Morgan fingerprint density at radius 2 is 1.92 bits per heavy atom. The molecule has 68 valence electrons. The second-order valence-electron chi connectivity index (χ2n) is 2.97. The quantitative estimate of drug-likeness (QED) is 0.394. The molecular formula is C8H12O4. The predicted octanol–water partition coefficient (Wildman–Crippen LogP) is 0.503. The van der Waals surface area contributed by atoms with Crippen LogP contribution in [0.1, 0.15) is 19.8 Å². The number of hydrogen-bond donors (Lipinski definition) is 0. The monoisotopic (exact) mass is 172 g/mol. The molecule has 0 aromatic rings. The van der Waals surface area contributed by atoms with Gasteiger partial charge in [0.25, 0.3) is 0 Å². The summed E-state index contributed by atoms with van der Waals surface area (Å²) in [5, 5.41) is 0. The maximum absolute atomic E-state index is 10.8. The number of esters is 2. The fraction of sp³-hybridized carbons (Fsp3) is 0.750. The minimum atomic E-state index is -0.492. The first-order valence-corrected chi connectivity index (χ1v) is 3.99. The van der Waals surface area contributed by atoms with Gasteiger partial charge in [0.05, 0.1) is 13.2 Å². The lowest BCUT2D eigenvalue weighted by Gasteiger charge is -2.07. The summed E-state index contributed by atoms with van der Waals surface area (Å²) in [7, 11) is 0. The lowest BCUT2D eigenvalue weighted by molar-refractivity contribution is -0.153. The van der Waals surface area contributed by atoms with Gasteiger partial charge in [-0.05, 0) is 12.3 Å². The first kappa shape index (κ1) is 9.03. The van der Waals surface area contributed by atoms with E-state index in [1.54, 1.807) is 0 Å². The van der Waals surface area contributed by atoms with Crippen molar-refractivity contribution in [1.82, 2.24) is 0 Å². The number of hydrogen-bond acceptors (Lipinski definition) is 4. The van der Waals surface area contributed by atoms with E-state index in [0.717, 1.165) is 6.42 Å². The molecule has 1 unspecified atom stereocenters. The zero-order valence-electron chi connectivity index (χ0n) is 7.04. The van der Waals surface area contributed by atoms with Gasteiger partial charge in [-0.25, -0.2) is 0 Å². The molecule has 0 aromatic carbocycles. The fourth-order valence-corrected chi connectivity index (χ4v) is 0.912. The third kappa shape index (κ3) is 2.90. The van der Waals surface area contributed by atoms with Gasteiger partial charge >= 0.3 is 11.9 Å². The molecule has 0 radical (unpaired) electrons. The van der Waals surface area contributed by atoms with Gasteiger partial charge in [-0.2, -0.15) is 0 Å². The first-order chi connectivity index (χ1) is 5.68. The zero-order chi connectivity index (χ0) is 8.97. The third-order valence-electron chi connectivity index (χ3n) is 1.69. The number of ether oxygens (including phenoxy) is 2. The largest absolute Gasteiger partial charge is 0.465 e. The van der Waals surface area contributed by atoms with Crippen LogP contribution >= 0.6 is 0 Å². The molecule has 0 N–H and O–H groups in total. The van der Waals surface area contributed by atoms with Crippen LogP contribution in [0.25, 0.3) is 0 Å². The molecule has 1 fully saturated rings. The van der Waals surface area contributed by atoms with Gasteiger partial charge < -0.3 is 9.47 Å². The highest BCUT2D eigenvalue weighted by Gasteiger charge is 2.16. The molecular weight excluding hydrogens is 160 g/mol. The Morgan fingerprint density at radius 1 is 1.25 bits per heavy atom. The highest BCUT2D eigenvalue weighted by molar-refractivity contribution is 5.91. The summed E-state index contributed by atoms with van der Waals surface area (Å²) in [6, 6.07) is 0. The van der Waals surface area contributed by atoms with Gasteiger partial charge in [0.1, 0.15) is 6.42 Å². The summed E-state index contributed by atoms with van der Waals surface area (Å²) in [6.45, 7) is 2.72. The average Bonchev–Trinajstić information content (AvgIpc) is 2.05. The molecule has 1 rings (SSSR count). The standard InChI is InChI=1S/C8H12O4/c1-6-2-3-11-7(9)4-8(10)12-5-6/h6H,2-5H2,1H3. The van der Waals surface area contributed by atoms with Crippen molar-refractivity contribution in [2.45, 2.75) is 19.8 Å². The van der Waals surface area contributed by atoms with Crippen LogP contribution in [-0.4, -0.2) is 25.2 Å². The van der Waals surface area contributed by atoms with Crippen molar-refractivity contribution in [2.75, 3.05) is 13.2 Å². The lowest BCUT2D eigenvalue weighted by Crippen LogP contribution is -2.13. The molecule has 1 aliphatic rings. The fourth-order valence-electron chi connectivity index (χ4n) is 0.912. The molecule has 12 heavy (non-hydrogen) atoms. The Balaban J connectivity index is 2.47. The highest BCUT2D eigenvalue weighted by atomic mass is 16.6. The normalized spacial score (nSPS) is 26.2. The average molecular weight is 172 g/mol. The minimum Gasteiger partial charge on any atom is -0.465 e. The van der Waals surface area contributed by atoms with Crippen molar-refractivity contribution >= 4 is 11.9 Å². The third-order valence-corrected chi connectivity index (χ3v) is 1.69. The van der Waals surface area contributed by atoms with Gasteiger partial charge in [-0.3, -0.25) is 9.59 Å². The van der Waals surface area contributed by atoms with Crippen molar-refractivity contribution in [3.05, 3.63) is 0 Å². The van der Waals surface area contributed by atoms with Crippen LogP contribution in [0.15, 0.2) is 0 Å². The number of carbonyl (C=O) groups is 2. The summed E-state index contributed by atoms with van der Waals surface area (Å²) < 4.78 is 9.57. The molecule has 1 heterocycles. The summed E-state index contributed by atoms with van der Waals surface area (Å²) in [4.78, 5) is 21.6. The topological polar surface area (TPSA) is 52.6 Å². The van der Waals surface area contributed by atoms with Gasteiger partial charge in [0, 0.05) is 0 Å². The van der Waals surface area contributed by atoms with E-state index in [-0.39, 0.29) is 12.3 Å². The summed E-state index contributed by atoms with van der Waals surface area (Å²) in [6.07, 6.45) is 0.492. The van der Waals surface area contributed by atoms with E-state index in [9.17, 15) is 9.59 Å². The Hall–Kier alpha value is -1.06. The Kier molecular flexibility index (Phi) is 3.08. The summed E-state index contributed by atoms with van der Waals surface area (Å²) in [5.41, 5.74) is 0. The van der Waals surface area contributed by atoms with Crippen molar-refractivity contribution < 1.29 is 19.1 Å². The van der Waals surface area contributed by atoms with E-state index in [1.165, 1.54) is 0 Å². The second kappa shape index (κ2) is 4.09. The van der Waals surface area contributed by atoms with Crippen molar-refractivity contribution in [3.63, 3.8) is 0 Å². The van der Waals surface area contributed by atoms with Gasteiger partial charge in [0.15, 0.2) is 0 Å². The van der Waals surface area contributed by atoms with Crippen molar-refractivity contribution in [3.8, 4) is 0 Å². The van der Waals surface area contributed by atoms with Crippen LogP contribution in [0.5, 0.6) is 0 Å². The van der Waals surface area contributed by atoms with Crippen LogP contribution in [0.4, 0.5) is 0 Å². The lowest BCUT2D eigenvalue weighted by atomic mass is 10.1. The van der Waals surface area contributed by atoms with Crippen LogP contribution < -0.4 is 0 Å². The molecule has 1 aliphatic heterocycles. The predicted molar refractivity (Wildman–Crippen MR) is 40.3 cm³/mol. The highest BCUT2D eigenvalue weighted by Crippen LogP contribution is 2.06. The zero-order valence-corrected chi connectivity index (χ0v) is 7.04. The molecule has 4 heteroatoms. The smallest absolute Gasteiger partial charge is 0.317 e. The molecule has 1 saturated heterocycles. The maximum atomic E-state index is 10.8. The van der Waals surface area contributed by atoms with Crippen LogP contribution in [0.2, 0.25) is 0 Å². The number of carbonyl (C=O) groups excluding carboxylic acids is 2. The Labute approximate surface area is 70.8 Å². The Morgan fingerprint density at radius 3 is 2.67 bits per heavy atom. The molecule has 4 nitrogen and oxygen atoms in total. The molecule has 0 aliphatic carbocycles. The minimum absolute atomic E-state index is 0.257.